The number of piperazine rings is 1. The van der Waals surface area contributed by atoms with Crippen LogP contribution in [0.15, 0.2) is 42.5 Å². The molecule has 0 aromatic heterocycles. The van der Waals surface area contributed by atoms with Crippen LogP contribution in [-0.4, -0.2) is 48.7 Å². The number of amides is 1. The number of ether oxygens (including phenoxy) is 1. The Bertz CT molecular complexity index is 732. The van der Waals surface area contributed by atoms with Crippen molar-refractivity contribution in [3.63, 3.8) is 0 Å². The molecule has 5 heteroatoms. The summed E-state index contributed by atoms with van der Waals surface area (Å²) >= 11 is 0. The Morgan fingerprint density at radius 2 is 1.68 bits per heavy atom. The first-order chi connectivity index (χ1) is 12.0. The lowest BCUT2D eigenvalue weighted by molar-refractivity contribution is -0.133. The molecule has 0 spiro atoms. The van der Waals surface area contributed by atoms with Crippen molar-refractivity contribution in [1.82, 2.24) is 4.90 Å². The fourth-order valence-electron chi connectivity index (χ4n) is 3.18. The summed E-state index contributed by atoms with van der Waals surface area (Å²) in [5.41, 5.74) is 3.07. The van der Waals surface area contributed by atoms with Crippen molar-refractivity contribution >= 4 is 11.6 Å². The molecule has 0 radical (unpaired) electrons. The third-order valence-electron chi connectivity index (χ3n) is 4.41. The molecule has 1 fully saturated rings. The predicted octanol–water partition coefficient (Wildman–Crippen LogP) is 2.74. The van der Waals surface area contributed by atoms with E-state index in [1.807, 2.05) is 49.1 Å². The molecular formula is C20H24N2O3. The van der Waals surface area contributed by atoms with Crippen molar-refractivity contribution in [2.45, 2.75) is 13.8 Å². The number of phenols is 1. The van der Waals surface area contributed by atoms with Crippen LogP contribution >= 0.6 is 0 Å². The van der Waals surface area contributed by atoms with E-state index in [2.05, 4.69) is 11.0 Å². The van der Waals surface area contributed by atoms with Gasteiger partial charge in [-0.3, -0.25) is 4.79 Å². The largest absolute Gasteiger partial charge is 0.506 e. The highest BCUT2D eigenvalue weighted by molar-refractivity contribution is 5.78. The van der Waals surface area contributed by atoms with Gasteiger partial charge in [0.2, 0.25) is 0 Å². The fraction of sp³-hybridized carbons (Fsp3) is 0.350. The van der Waals surface area contributed by atoms with Gasteiger partial charge in [0, 0.05) is 26.2 Å². The first kappa shape index (κ1) is 17.1. The van der Waals surface area contributed by atoms with Gasteiger partial charge in [-0.05, 0) is 49.2 Å². The van der Waals surface area contributed by atoms with Crippen molar-refractivity contribution in [1.29, 1.82) is 0 Å². The summed E-state index contributed by atoms with van der Waals surface area (Å²) in [5, 5.41) is 9.95. The maximum absolute atomic E-state index is 12.4. The Kier molecular flexibility index (Phi) is 5.12. The molecule has 0 atom stereocenters. The van der Waals surface area contributed by atoms with Crippen LogP contribution in [0.4, 0.5) is 5.69 Å². The molecular weight excluding hydrogens is 316 g/mol. The number of carbonyl (C=O) groups excluding carboxylic acids is 1. The van der Waals surface area contributed by atoms with E-state index in [1.54, 1.807) is 6.07 Å². The molecule has 1 N–H and O–H groups in total. The third-order valence-corrected chi connectivity index (χ3v) is 4.41. The molecule has 5 nitrogen and oxygen atoms in total. The topological polar surface area (TPSA) is 53.0 Å². The highest BCUT2D eigenvalue weighted by Gasteiger charge is 2.22. The summed E-state index contributed by atoms with van der Waals surface area (Å²) in [6.07, 6.45) is 0. The van der Waals surface area contributed by atoms with Gasteiger partial charge in [-0.15, -0.1) is 0 Å². The predicted molar refractivity (Wildman–Crippen MR) is 98.3 cm³/mol. The van der Waals surface area contributed by atoms with Crippen molar-refractivity contribution in [2.75, 3.05) is 37.7 Å². The van der Waals surface area contributed by atoms with E-state index in [9.17, 15) is 9.90 Å². The van der Waals surface area contributed by atoms with Crippen LogP contribution in [0.5, 0.6) is 11.5 Å². The number of nitrogens with zero attached hydrogens (tertiary/aromatic N) is 2. The van der Waals surface area contributed by atoms with E-state index >= 15 is 0 Å². The zero-order chi connectivity index (χ0) is 17.8. The first-order valence-corrected chi connectivity index (χ1v) is 8.55. The Labute approximate surface area is 148 Å². The van der Waals surface area contributed by atoms with E-state index in [-0.39, 0.29) is 18.3 Å². The average molecular weight is 340 g/mol. The van der Waals surface area contributed by atoms with Gasteiger partial charge in [0.25, 0.3) is 5.91 Å². The molecule has 3 rings (SSSR count). The summed E-state index contributed by atoms with van der Waals surface area (Å²) in [6, 6.07) is 13.3. The average Bonchev–Trinajstić information content (AvgIpc) is 2.59. The summed E-state index contributed by atoms with van der Waals surface area (Å²) in [7, 11) is 0. The lowest BCUT2D eigenvalue weighted by atomic mass is 10.1. The van der Waals surface area contributed by atoms with Gasteiger partial charge in [0.15, 0.2) is 6.61 Å². The van der Waals surface area contributed by atoms with Crippen molar-refractivity contribution in [3.8, 4) is 11.5 Å². The normalized spacial score (nSPS) is 14.5. The molecule has 2 aromatic rings. The molecule has 2 aromatic carbocycles. The molecule has 1 saturated heterocycles. The number of rotatable bonds is 4. The van der Waals surface area contributed by atoms with Crippen molar-refractivity contribution in [3.05, 3.63) is 53.6 Å². The first-order valence-electron chi connectivity index (χ1n) is 8.55. The summed E-state index contributed by atoms with van der Waals surface area (Å²) in [5.74, 6) is 1.01. The minimum absolute atomic E-state index is 0.00362. The molecule has 0 aliphatic carbocycles. The molecule has 1 heterocycles. The second-order valence-corrected chi connectivity index (χ2v) is 6.47. The molecule has 1 amide bonds. The Morgan fingerprint density at radius 1 is 1.04 bits per heavy atom. The van der Waals surface area contributed by atoms with E-state index < -0.39 is 0 Å². The summed E-state index contributed by atoms with van der Waals surface area (Å²) in [4.78, 5) is 16.3. The third kappa shape index (κ3) is 4.24. The number of para-hydroxylation sites is 2. The molecule has 132 valence electrons. The monoisotopic (exact) mass is 340 g/mol. The van der Waals surface area contributed by atoms with Crippen molar-refractivity contribution in [2.24, 2.45) is 0 Å². The van der Waals surface area contributed by atoms with E-state index in [0.717, 1.165) is 22.6 Å². The van der Waals surface area contributed by atoms with Crippen LogP contribution < -0.4 is 9.64 Å². The van der Waals surface area contributed by atoms with Crippen LogP contribution in [0, 0.1) is 13.8 Å². The smallest absolute Gasteiger partial charge is 0.260 e. The molecule has 1 aliphatic heterocycles. The van der Waals surface area contributed by atoms with Gasteiger partial charge < -0.3 is 19.6 Å². The van der Waals surface area contributed by atoms with Gasteiger partial charge in [0.1, 0.15) is 11.5 Å². The number of carbonyl (C=O) groups is 1. The van der Waals surface area contributed by atoms with Gasteiger partial charge in [0.05, 0.1) is 5.69 Å². The zero-order valence-corrected chi connectivity index (χ0v) is 14.7. The maximum atomic E-state index is 12.4. The number of anilines is 1. The van der Waals surface area contributed by atoms with Gasteiger partial charge >= 0.3 is 0 Å². The quantitative estimate of drug-likeness (QED) is 0.930. The fourth-order valence-corrected chi connectivity index (χ4v) is 3.18. The minimum Gasteiger partial charge on any atom is -0.506 e. The number of phenolic OH excluding ortho intramolecular Hbond substituents is 1. The number of benzene rings is 2. The lowest BCUT2D eigenvalue weighted by Crippen LogP contribution is -2.50. The van der Waals surface area contributed by atoms with E-state index in [1.165, 1.54) is 0 Å². The number of hydrogen-bond donors (Lipinski definition) is 1. The number of hydrogen-bond acceptors (Lipinski definition) is 4. The number of aryl methyl sites for hydroxylation is 2. The maximum Gasteiger partial charge on any atom is 0.260 e. The molecule has 0 saturated carbocycles. The molecule has 1 aliphatic rings. The van der Waals surface area contributed by atoms with Gasteiger partial charge in [-0.2, -0.15) is 0 Å². The van der Waals surface area contributed by atoms with Crippen LogP contribution in [0.1, 0.15) is 11.1 Å². The number of aromatic hydroxyl groups is 1. The van der Waals surface area contributed by atoms with Crippen LogP contribution in [-0.2, 0) is 4.79 Å². The van der Waals surface area contributed by atoms with Crippen LogP contribution in [0.3, 0.4) is 0 Å². The molecule has 25 heavy (non-hydrogen) atoms. The van der Waals surface area contributed by atoms with E-state index in [0.29, 0.717) is 26.2 Å². The Balaban J connectivity index is 1.52. The van der Waals surface area contributed by atoms with Gasteiger partial charge in [-0.25, -0.2) is 0 Å². The summed E-state index contributed by atoms with van der Waals surface area (Å²) in [6.45, 7) is 6.74. The second-order valence-electron chi connectivity index (χ2n) is 6.47. The van der Waals surface area contributed by atoms with Crippen molar-refractivity contribution < 1.29 is 14.6 Å². The SMILES string of the molecule is Cc1cc(C)cc(OCC(=O)N2CCN(c3ccccc3O)CC2)c1. The standard InChI is InChI=1S/C20H24N2O3/c1-15-11-16(2)13-17(12-15)25-14-20(24)22-9-7-21(8-10-22)18-5-3-4-6-19(18)23/h3-6,11-13,23H,7-10,14H2,1-2H3. The molecule has 0 unspecified atom stereocenters. The van der Waals surface area contributed by atoms with E-state index in [4.69, 9.17) is 4.74 Å². The van der Waals surface area contributed by atoms with Crippen LogP contribution in [0.25, 0.3) is 0 Å². The highest BCUT2D eigenvalue weighted by Crippen LogP contribution is 2.27. The Morgan fingerprint density at radius 3 is 2.32 bits per heavy atom. The molecule has 0 bridgehead atoms. The van der Waals surface area contributed by atoms with Gasteiger partial charge in [-0.1, -0.05) is 18.2 Å². The summed E-state index contributed by atoms with van der Waals surface area (Å²) < 4.78 is 5.67. The van der Waals surface area contributed by atoms with Crippen LogP contribution in [0.2, 0.25) is 0 Å². The minimum atomic E-state index is -0.00362. The zero-order valence-electron chi connectivity index (χ0n) is 14.7. The lowest BCUT2D eigenvalue weighted by Gasteiger charge is -2.36. The highest BCUT2D eigenvalue weighted by atomic mass is 16.5. The second kappa shape index (κ2) is 7.47. The Hall–Kier alpha value is -2.69.